The van der Waals surface area contributed by atoms with Crippen LogP contribution in [0.25, 0.3) is 0 Å². The first-order valence-corrected chi connectivity index (χ1v) is 8.69. The van der Waals surface area contributed by atoms with E-state index in [1.807, 2.05) is 0 Å². The highest BCUT2D eigenvalue weighted by Gasteiger charge is 2.25. The number of rotatable bonds is 5. The van der Waals surface area contributed by atoms with Crippen molar-refractivity contribution in [1.82, 2.24) is 0 Å². The maximum atomic E-state index is 10.6. The van der Waals surface area contributed by atoms with Crippen molar-refractivity contribution in [3.63, 3.8) is 0 Å². The van der Waals surface area contributed by atoms with Crippen LogP contribution in [0.15, 0.2) is 24.3 Å². The molecule has 0 aliphatic rings. The predicted octanol–water partition coefficient (Wildman–Crippen LogP) is 1.97. The standard InChI is InChI=1S/C10H14ClO5P.H3O3P/c1-10(2,7-15-17(12,13)14)16-9-5-3-8(11)4-6-9;1-4(2)3/h3-6H,7H2,1-2H3,(H2,12,13,14);4H,(H2,1,2,3). The number of ether oxygens (including phenoxy) is 1. The lowest BCUT2D eigenvalue weighted by Crippen LogP contribution is -2.33. The minimum absolute atomic E-state index is 0.222. The molecule has 1 aromatic rings. The zero-order valence-electron chi connectivity index (χ0n) is 11.3. The number of benzene rings is 1. The molecule has 0 aliphatic carbocycles. The largest absolute Gasteiger partial charge is 0.485 e. The van der Waals surface area contributed by atoms with Crippen molar-refractivity contribution in [1.29, 1.82) is 0 Å². The Bertz CT molecular complexity index is 494. The van der Waals surface area contributed by atoms with Gasteiger partial charge < -0.3 is 24.3 Å². The average Bonchev–Trinajstić information content (AvgIpc) is 2.28. The van der Waals surface area contributed by atoms with E-state index >= 15 is 0 Å². The van der Waals surface area contributed by atoms with Crippen molar-refractivity contribution in [2.75, 3.05) is 6.61 Å². The third-order valence-electron chi connectivity index (χ3n) is 1.79. The second-order valence-electron chi connectivity index (χ2n) is 4.36. The van der Waals surface area contributed by atoms with E-state index in [1.54, 1.807) is 38.1 Å². The number of phosphoric ester groups is 1. The lowest BCUT2D eigenvalue weighted by molar-refractivity contribution is 0.0376. The zero-order valence-corrected chi connectivity index (χ0v) is 13.9. The number of phosphoric acid groups is 1. The summed E-state index contributed by atoms with van der Waals surface area (Å²) in [5.41, 5.74) is -0.852. The van der Waals surface area contributed by atoms with E-state index in [1.165, 1.54) is 0 Å². The fourth-order valence-corrected chi connectivity index (χ4v) is 1.70. The van der Waals surface area contributed by atoms with E-state index in [4.69, 9.17) is 40.5 Å². The Morgan fingerprint density at radius 2 is 1.67 bits per heavy atom. The topological polar surface area (TPSA) is 134 Å². The molecule has 0 saturated heterocycles. The van der Waals surface area contributed by atoms with Crippen molar-refractivity contribution in [3.05, 3.63) is 29.3 Å². The molecule has 0 amide bonds. The van der Waals surface area contributed by atoms with Crippen molar-refractivity contribution in [3.8, 4) is 5.75 Å². The molecular formula is C10H17ClO8P2. The van der Waals surface area contributed by atoms with Crippen molar-refractivity contribution < 1.29 is 38.0 Å². The van der Waals surface area contributed by atoms with Crippen LogP contribution in [-0.2, 0) is 13.7 Å². The molecule has 0 saturated carbocycles. The van der Waals surface area contributed by atoms with Gasteiger partial charge in [0.25, 0.3) is 0 Å². The van der Waals surface area contributed by atoms with Crippen LogP contribution in [0.2, 0.25) is 5.02 Å². The van der Waals surface area contributed by atoms with E-state index in [0.717, 1.165) is 0 Å². The molecule has 21 heavy (non-hydrogen) atoms. The van der Waals surface area contributed by atoms with Gasteiger partial charge in [-0.15, -0.1) is 0 Å². The van der Waals surface area contributed by atoms with E-state index < -0.39 is 21.7 Å². The lowest BCUT2D eigenvalue weighted by atomic mass is 10.1. The maximum absolute atomic E-state index is 10.6. The molecule has 0 aliphatic heterocycles. The van der Waals surface area contributed by atoms with Gasteiger partial charge in [-0.2, -0.15) is 0 Å². The summed E-state index contributed by atoms with van der Waals surface area (Å²) >= 11 is 5.72. The van der Waals surface area contributed by atoms with Crippen LogP contribution in [0.3, 0.4) is 0 Å². The van der Waals surface area contributed by atoms with Gasteiger partial charge in [-0.3, -0.25) is 9.09 Å². The van der Waals surface area contributed by atoms with Gasteiger partial charge in [-0.05, 0) is 38.1 Å². The summed E-state index contributed by atoms with van der Waals surface area (Å²) in [5.74, 6) is 0.550. The minimum atomic E-state index is -4.48. The molecule has 8 nitrogen and oxygen atoms in total. The van der Waals surface area contributed by atoms with E-state index in [-0.39, 0.29) is 6.61 Å². The first kappa shape index (κ1) is 20.6. The fraction of sp³-hybridized carbons (Fsp3) is 0.400. The van der Waals surface area contributed by atoms with Gasteiger partial charge in [0.1, 0.15) is 11.4 Å². The second-order valence-corrected chi connectivity index (χ2v) is 6.60. The molecule has 0 radical (unpaired) electrons. The van der Waals surface area contributed by atoms with Crippen LogP contribution in [0.4, 0.5) is 0 Å². The summed E-state index contributed by atoms with van der Waals surface area (Å²) in [7, 11) is -7.61. The summed E-state index contributed by atoms with van der Waals surface area (Å²) in [6.07, 6.45) is 0. The molecule has 1 aromatic carbocycles. The van der Waals surface area contributed by atoms with Crippen molar-refractivity contribution in [2.24, 2.45) is 0 Å². The van der Waals surface area contributed by atoms with Crippen LogP contribution >= 0.6 is 27.7 Å². The molecule has 122 valence electrons. The lowest BCUT2D eigenvalue weighted by Gasteiger charge is -2.26. The van der Waals surface area contributed by atoms with E-state index in [9.17, 15) is 4.57 Å². The van der Waals surface area contributed by atoms with Crippen LogP contribution in [0.1, 0.15) is 13.8 Å². The molecule has 0 atom stereocenters. The Morgan fingerprint density at radius 1 is 1.24 bits per heavy atom. The van der Waals surface area contributed by atoms with Gasteiger partial charge in [0.05, 0.1) is 6.61 Å². The predicted molar refractivity (Wildman–Crippen MR) is 77.6 cm³/mol. The highest BCUT2D eigenvalue weighted by molar-refractivity contribution is 7.46. The summed E-state index contributed by atoms with van der Waals surface area (Å²) < 4.78 is 29.2. The van der Waals surface area contributed by atoms with Gasteiger partial charge in [-0.1, -0.05) is 11.6 Å². The van der Waals surface area contributed by atoms with Gasteiger partial charge in [0, 0.05) is 5.02 Å². The highest BCUT2D eigenvalue weighted by Crippen LogP contribution is 2.37. The monoisotopic (exact) mass is 362 g/mol. The maximum Gasteiger partial charge on any atom is 0.469 e. The normalized spacial score (nSPS) is 11.8. The fourth-order valence-electron chi connectivity index (χ4n) is 1.09. The highest BCUT2D eigenvalue weighted by atomic mass is 35.5. The minimum Gasteiger partial charge on any atom is -0.485 e. The third kappa shape index (κ3) is 13.0. The second kappa shape index (κ2) is 8.88. The Balaban J connectivity index is 0.000000885. The van der Waals surface area contributed by atoms with Crippen LogP contribution in [0, 0.1) is 0 Å². The quantitative estimate of drug-likeness (QED) is 0.584. The molecule has 0 unspecified atom stereocenters. The van der Waals surface area contributed by atoms with Crippen LogP contribution in [0.5, 0.6) is 5.75 Å². The average molecular weight is 363 g/mol. The van der Waals surface area contributed by atoms with Crippen LogP contribution in [-0.4, -0.2) is 31.8 Å². The third-order valence-corrected chi connectivity index (χ3v) is 2.51. The molecule has 11 heteroatoms. The number of hydrogen-bond donors (Lipinski definition) is 4. The zero-order chi connectivity index (χ0) is 16.7. The Morgan fingerprint density at radius 3 is 2.05 bits per heavy atom. The van der Waals surface area contributed by atoms with Gasteiger partial charge in [0.15, 0.2) is 0 Å². The number of hydrogen-bond acceptors (Lipinski definition) is 4. The smallest absolute Gasteiger partial charge is 0.469 e. The molecule has 0 aromatic heterocycles. The van der Waals surface area contributed by atoms with Crippen LogP contribution < -0.4 is 4.74 Å². The molecule has 0 fully saturated rings. The summed E-state index contributed by atoms with van der Waals surface area (Å²) in [6.45, 7) is 3.11. The summed E-state index contributed by atoms with van der Waals surface area (Å²) in [4.78, 5) is 31.5. The SMILES string of the molecule is CC(C)(COP(=O)(O)O)Oc1ccc(Cl)cc1.O=[PH](O)O. The first-order chi connectivity index (χ1) is 9.41. The van der Waals surface area contributed by atoms with Crippen molar-refractivity contribution in [2.45, 2.75) is 19.4 Å². The summed E-state index contributed by atoms with van der Waals surface area (Å²) in [5, 5.41) is 0.585. The van der Waals surface area contributed by atoms with E-state index in [0.29, 0.717) is 10.8 Å². The van der Waals surface area contributed by atoms with E-state index in [2.05, 4.69) is 4.52 Å². The number of halogens is 1. The Hall–Kier alpha value is -0.430. The summed E-state index contributed by atoms with van der Waals surface area (Å²) in [6, 6.07) is 6.66. The first-order valence-electron chi connectivity index (χ1n) is 5.48. The van der Waals surface area contributed by atoms with Gasteiger partial charge in [-0.25, -0.2) is 4.57 Å². The molecule has 1 rings (SSSR count). The van der Waals surface area contributed by atoms with Gasteiger partial charge in [0.2, 0.25) is 0 Å². The Kier molecular flexibility index (Phi) is 8.70. The molecule has 4 N–H and O–H groups in total. The molecule has 0 heterocycles. The van der Waals surface area contributed by atoms with Crippen molar-refractivity contribution >= 4 is 27.7 Å². The molecule has 0 spiro atoms. The Labute approximate surface area is 127 Å². The molecule has 0 bridgehead atoms. The van der Waals surface area contributed by atoms with Gasteiger partial charge >= 0.3 is 16.1 Å². The molecular weight excluding hydrogens is 346 g/mol.